The van der Waals surface area contributed by atoms with Crippen LogP contribution in [0.4, 0.5) is 4.39 Å². The number of thioether (sulfide) groups is 1. The molecule has 0 spiro atoms. The molecule has 1 atom stereocenters. The van der Waals surface area contributed by atoms with Crippen LogP contribution in [0.25, 0.3) is 0 Å². The van der Waals surface area contributed by atoms with Gasteiger partial charge < -0.3 is 5.11 Å². The van der Waals surface area contributed by atoms with Crippen molar-refractivity contribution in [2.24, 2.45) is 0 Å². The molecule has 1 saturated heterocycles. The highest BCUT2D eigenvalue weighted by atomic mass is 32.2. The van der Waals surface area contributed by atoms with Gasteiger partial charge in [-0.1, -0.05) is 13.0 Å². The monoisotopic (exact) mass is 319 g/mol. The Morgan fingerprint density at radius 3 is 2.90 bits per heavy atom. The van der Waals surface area contributed by atoms with Gasteiger partial charge in [-0.25, -0.2) is 12.8 Å². The van der Waals surface area contributed by atoms with Gasteiger partial charge in [-0.15, -0.1) is 0 Å². The summed E-state index contributed by atoms with van der Waals surface area (Å²) < 4.78 is 40.0. The SMILES string of the molecule is CCC1CN(S(=O)(=O)c2cc(F)ccc2CO)CCS1. The molecule has 1 unspecified atom stereocenters. The Balaban J connectivity index is 2.37. The molecule has 0 aliphatic carbocycles. The normalized spacial score (nSPS) is 21.1. The third-order valence-electron chi connectivity index (χ3n) is 3.37. The van der Waals surface area contributed by atoms with E-state index in [1.54, 1.807) is 11.8 Å². The first-order valence-corrected chi connectivity index (χ1v) is 8.99. The Labute approximate surface area is 123 Å². The van der Waals surface area contributed by atoms with Gasteiger partial charge >= 0.3 is 0 Å². The molecule has 7 heteroatoms. The zero-order valence-electron chi connectivity index (χ0n) is 11.3. The lowest BCUT2D eigenvalue weighted by atomic mass is 10.2. The van der Waals surface area contributed by atoms with E-state index in [9.17, 15) is 17.9 Å². The van der Waals surface area contributed by atoms with Crippen LogP contribution in [-0.4, -0.2) is 41.9 Å². The summed E-state index contributed by atoms with van der Waals surface area (Å²) in [6.07, 6.45) is 0.896. The summed E-state index contributed by atoms with van der Waals surface area (Å²) >= 11 is 1.76. The molecule has 0 saturated carbocycles. The molecule has 1 aromatic carbocycles. The smallest absolute Gasteiger partial charge is 0.243 e. The van der Waals surface area contributed by atoms with Crippen LogP contribution >= 0.6 is 11.8 Å². The number of aliphatic hydroxyl groups excluding tert-OH is 1. The molecule has 1 aliphatic rings. The molecule has 1 aliphatic heterocycles. The molecule has 0 bridgehead atoms. The number of halogens is 1. The second-order valence-electron chi connectivity index (χ2n) is 4.67. The molecule has 0 amide bonds. The molecule has 1 heterocycles. The van der Waals surface area contributed by atoms with Gasteiger partial charge in [0.25, 0.3) is 0 Å². The van der Waals surface area contributed by atoms with Crippen LogP contribution in [-0.2, 0) is 16.6 Å². The second kappa shape index (κ2) is 6.43. The lowest BCUT2D eigenvalue weighted by Crippen LogP contribution is -2.42. The van der Waals surface area contributed by atoms with Crippen LogP contribution in [0.1, 0.15) is 18.9 Å². The van der Waals surface area contributed by atoms with Crippen molar-refractivity contribution in [1.29, 1.82) is 0 Å². The molecule has 4 nitrogen and oxygen atoms in total. The van der Waals surface area contributed by atoms with Crippen LogP contribution in [0.2, 0.25) is 0 Å². The lowest BCUT2D eigenvalue weighted by molar-refractivity contribution is 0.277. The largest absolute Gasteiger partial charge is 0.392 e. The molecule has 2 rings (SSSR count). The van der Waals surface area contributed by atoms with Crippen LogP contribution in [0.5, 0.6) is 0 Å². The van der Waals surface area contributed by atoms with E-state index in [-0.39, 0.29) is 15.7 Å². The number of hydrogen-bond acceptors (Lipinski definition) is 4. The van der Waals surface area contributed by atoms with Gasteiger partial charge in [0.2, 0.25) is 10.0 Å². The summed E-state index contributed by atoms with van der Waals surface area (Å²) in [5, 5.41) is 9.53. The van der Waals surface area contributed by atoms with E-state index in [1.165, 1.54) is 10.4 Å². The zero-order valence-corrected chi connectivity index (χ0v) is 12.9. The first-order chi connectivity index (χ1) is 9.48. The molecule has 0 aromatic heterocycles. The number of benzene rings is 1. The van der Waals surface area contributed by atoms with Crippen molar-refractivity contribution >= 4 is 21.8 Å². The molecule has 1 aromatic rings. The predicted molar refractivity (Wildman–Crippen MR) is 77.6 cm³/mol. The van der Waals surface area contributed by atoms with E-state index >= 15 is 0 Å². The van der Waals surface area contributed by atoms with Crippen LogP contribution in [0.3, 0.4) is 0 Å². The fourth-order valence-electron chi connectivity index (χ4n) is 2.20. The number of rotatable bonds is 4. The summed E-state index contributed by atoms with van der Waals surface area (Å²) in [7, 11) is -3.75. The highest BCUT2D eigenvalue weighted by molar-refractivity contribution is 8.00. The third-order valence-corrected chi connectivity index (χ3v) is 6.69. The molecule has 1 N–H and O–H groups in total. The minimum atomic E-state index is -3.75. The Morgan fingerprint density at radius 2 is 2.25 bits per heavy atom. The highest BCUT2D eigenvalue weighted by Crippen LogP contribution is 2.28. The quantitative estimate of drug-likeness (QED) is 0.920. The standard InChI is InChI=1S/C13H18FNO3S2/c1-2-12-8-15(5-6-19-12)20(17,18)13-7-11(14)4-3-10(13)9-16/h3-4,7,12,16H,2,5-6,8-9H2,1H3. The Hall–Kier alpha value is -0.630. The van der Waals surface area contributed by atoms with E-state index in [1.807, 2.05) is 6.92 Å². The maximum atomic E-state index is 13.4. The van der Waals surface area contributed by atoms with Gasteiger partial charge in [0.1, 0.15) is 5.82 Å². The summed E-state index contributed by atoms with van der Waals surface area (Å²) in [4.78, 5) is -0.123. The van der Waals surface area contributed by atoms with Gasteiger partial charge in [0, 0.05) is 24.1 Å². The molecule has 20 heavy (non-hydrogen) atoms. The third kappa shape index (κ3) is 3.16. The number of aliphatic hydroxyl groups is 1. The van der Waals surface area contributed by atoms with Crippen molar-refractivity contribution in [1.82, 2.24) is 4.31 Å². The summed E-state index contributed by atoms with van der Waals surface area (Å²) in [5.74, 6) is 0.126. The lowest BCUT2D eigenvalue weighted by Gasteiger charge is -2.31. The molecule has 0 radical (unpaired) electrons. The minimum absolute atomic E-state index is 0.123. The molecule has 112 valence electrons. The van der Waals surface area contributed by atoms with Crippen molar-refractivity contribution in [3.05, 3.63) is 29.6 Å². The van der Waals surface area contributed by atoms with Crippen molar-refractivity contribution < 1.29 is 17.9 Å². The van der Waals surface area contributed by atoms with Crippen molar-refractivity contribution in [2.45, 2.75) is 30.1 Å². The predicted octanol–water partition coefficient (Wildman–Crippen LogP) is 1.83. The van der Waals surface area contributed by atoms with Crippen molar-refractivity contribution in [3.63, 3.8) is 0 Å². The van der Waals surface area contributed by atoms with Gasteiger partial charge in [0.15, 0.2) is 0 Å². The van der Waals surface area contributed by atoms with Gasteiger partial charge in [-0.05, 0) is 24.1 Å². The summed E-state index contributed by atoms with van der Waals surface area (Å²) in [5.41, 5.74) is 0.234. The van der Waals surface area contributed by atoms with E-state index < -0.39 is 22.4 Å². The maximum absolute atomic E-state index is 13.4. The van der Waals surface area contributed by atoms with Crippen LogP contribution < -0.4 is 0 Å². The van der Waals surface area contributed by atoms with Gasteiger partial charge in [-0.2, -0.15) is 16.1 Å². The molecule has 1 fully saturated rings. The average molecular weight is 319 g/mol. The molecular weight excluding hydrogens is 301 g/mol. The number of sulfonamides is 1. The van der Waals surface area contributed by atoms with Crippen molar-refractivity contribution in [3.8, 4) is 0 Å². The van der Waals surface area contributed by atoms with Crippen LogP contribution in [0.15, 0.2) is 23.1 Å². The first-order valence-electron chi connectivity index (χ1n) is 6.50. The second-order valence-corrected chi connectivity index (χ2v) is 7.99. The van der Waals surface area contributed by atoms with E-state index in [2.05, 4.69) is 0 Å². The van der Waals surface area contributed by atoms with E-state index in [0.717, 1.165) is 24.3 Å². The average Bonchev–Trinajstić information content (AvgIpc) is 2.47. The van der Waals surface area contributed by atoms with Gasteiger partial charge in [-0.3, -0.25) is 0 Å². The highest BCUT2D eigenvalue weighted by Gasteiger charge is 2.31. The Morgan fingerprint density at radius 1 is 1.50 bits per heavy atom. The zero-order chi connectivity index (χ0) is 14.8. The Bertz CT molecular complexity index is 577. The van der Waals surface area contributed by atoms with E-state index in [0.29, 0.717) is 13.1 Å². The first kappa shape index (κ1) is 15.8. The van der Waals surface area contributed by atoms with E-state index in [4.69, 9.17) is 0 Å². The van der Waals surface area contributed by atoms with Crippen LogP contribution in [0, 0.1) is 5.82 Å². The van der Waals surface area contributed by atoms with Gasteiger partial charge in [0.05, 0.1) is 11.5 Å². The fraction of sp³-hybridized carbons (Fsp3) is 0.538. The number of nitrogens with zero attached hydrogens (tertiary/aromatic N) is 1. The topological polar surface area (TPSA) is 57.6 Å². The summed E-state index contributed by atoms with van der Waals surface area (Å²) in [6.45, 7) is 2.46. The molecular formula is C13H18FNO3S2. The number of hydrogen-bond donors (Lipinski definition) is 1. The minimum Gasteiger partial charge on any atom is -0.392 e. The Kier molecular flexibility index (Phi) is 5.06. The fourth-order valence-corrected chi connectivity index (χ4v) is 5.30. The summed E-state index contributed by atoms with van der Waals surface area (Å²) in [6, 6.07) is 3.47. The maximum Gasteiger partial charge on any atom is 0.243 e. The van der Waals surface area contributed by atoms with Crippen molar-refractivity contribution in [2.75, 3.05) is 18.8 Å².